The van der Waals surface area contributed by atoms with Gasteiger partial charge in [-0.25, -0.2) is 0 Å². The molecule has 3 heteroatoms. The predicted octanol–water partition coefficient (Wildman–Crippen LogP) is -0.316. The van der Waals surface area contributed by atoms with Crippen molar-refractivity contribution in [3.8, 4) is 0 Å². The van der Waals surface area contributed by atoms with Gasteiger partial charge in [-0.3, -0.25) is 4.79 Å². The van der Waals surface area contributed by atoms with Gasteiger partial charge in [0, 0.05) is 6.54 Å². The van der Waals surface area contributed by atoms with Crippen LogP contribution in [-0.4, -0.2) is 38.5 Å². The van der Waals surface area contributed by atoms with E-state index in [0.29, 0.717) is 0 Å². The molecule has 0 bridgehead atoms. The van der Waals surface area contributed by atoms with Crippen LogP contribution in [0.2, 0.25) is 0 Å². The Morgan fingerprint density at radius 3 is 2.67 bits per heavy atom. The van der Waals surface area contributed by atoms with Gasteiger partial charge < -0.3 is 10.2 Å². The number of nitrogens with zero attached hydrogens (tertiary/aromatic N) is 1. The molecule has 54 valence electrons. The second-order valence-corrected chi connectivity index (χ2v) is 2.23. The van der Waals surface area contributed by atoms with Crippen molar-refractivity contribution in [1.82, 2.24) is 10.2 Å². The summed E-state index contributed by atoms with van der Waals surface area (Å²) in [6.07, 6.45) is 1.75. The molecule has 0 radical (unpaired) electrons. The maximum absolute atomic E-state index is 9.72. The van der Waals surface area contributed by atoms with Gasteiger partial charge in [0.05, 0.1) is 0 Å². The molecule has 0 aliphatic carbocycles. The van der Waals surface area contributed by atoms with Crippen molar-refractivity contribution < 1.29 is 4.79 Å². The number of amides is 1. The molecule has 0 aromatic carbocycles. The third-order valence-corrected chi connectivity index (χ3v) is 1.01. The van der Waals surface area contributed by atoms with Gasteiger partial charge in [0.15, 0.2) is 0 Å². The Bertz CT molecular complexity index is 73.5. The van der Waals surface area contributed by atoms with E-state index >= 15 is 0 Å². The van der Waals surface area contributed by atoms with Crippen molar-refractivity contribution in [3.63, 3.8) is 0 Å². The zero-order valence-electron chi connectivity index (χ0n) is 6.05. The molecule has 1 amide bonds. The number of nitrogens with one attached hydrogen (secondary N) is 1. The van der Waals surface area contributed by atoms with E-state index in [1.165, 1.54) is 0 Å². The summed E-state index contributed by atoms with van der Waals surface area (Å²) in [4.78, 5) is 11.8. The van der Waals surface area contributed by atoms with Crippen LogP contribution < -0.4 is 5.32 Å². The lowest BCUT2D eigenvalue weighted by atomic mass is 10.4. The van der Waals surface area contributed by atoms with Crippen LogP contribution in [0.3, 0.4) is 0 Å². The Labute approximate surface area is 56.0 Å². The van der Waals surface area contributed by atoms with Gasteiger partial charge in [-0.05, 0) is 27.1 Å². The number of hydrogen-bond donors (Lipinski definition) is 1. The van der Waals surface area contributed by atoms with Crippen LogP contribution in [0.15, 0.2) is 0 Å². The molecule has 0 rings (SSSR count). The fourth-order valence-corrected chi connectivity index (χ4v) is 0.556. The zero-order valence-corrected chi connectivity index (χ0v) is 6.05. The normalized spacial score (nSPS) is 9.67. The van der Waals surface area contributed by atoms with Crippen LogP contribution in [0.25, 0.3) is 0 Å². The zero-order chi connectivity index (χ0) is 7.11. The lowest BCUT2D eigenvalue weighted by Crippen LogP contribution is -2.19. The Morgan fingerprint density at radius 2 is 2.22 bits per heavy atom. The highest BCUT2D eigenvalue weighted by atomic mass is 16.1. The molecule has 0 fully saturated rings. The molecule has 0 saturated heterocycles. The first-order valence-corrected chi connectivity index (χ1v) is 3.09. The molecule has 0 saturated carbocycles. The lowest BCUT2D eigenvalue weighted by molar-refractivity contribution is -0.109. The summed E-state index contributed by atoms with van der Waals surface area (Å²) in [7, 11) is 4.03. The topological polar surface area (TPSA) is 32.3 Å². The maximum Gasteiger partial charge on any atom is 0.207 e. The molecule has 0 heterocycles. The number of carbonyl (C=O) groups is 1. The fourth-order valence-electron chi connectivity index (χ4n) is 0.556. The van der Waals surface area contributed by atoms with Gasteiger partial charge in [0.1, 0.15) is 0 Å². The van der Waals surface area contributed by atoms with Crippen LogP contribution in [0.4, 0.5) is 0 Å². The molecule has 0 unspecified atom stereocenters. The average molecular weight is 130 g/mol. The maximum atomic E-state index is 9.72. The minimum atomic E-state index is 0.732. The van der Waals surface area contributed by atoms with Crippen molar-refractivity contribution >= 4 is 6.41 Å². The summed E-state index contributed by atoms with van der Waals surface area (Å²) >= 11 is 0. The first-order chi connectivity index (χ1) is 4.27. The van der Waals surface area contributed by atoms with Crippen molar-refractivity contribution in [2.75, 3.05) is 27.2 Å². The summed E-state index contributed by atoms with van der Waals surface area (Å²) < 4.78 is 0. The van der Waals surface area contributed by atoms with Crippen molar-refractivity contribution in [1.29, 1.82) is 0 Å². The quantitative estimate of drug-likeness (QED) is 0.409. The van der Waals surface area contributed by atoms with Crippen molar-refractivity contribution in [2.24, 2.45) is 0 Å². The van der Waals surface area contributed by atoms with Crippen molar-refractivity contribution in [3.05, 3.63) is 0 Å². The molecule has 3 nitrogen and oxygen atoms in total. The first-order valence-electron chi connectivity index (χ1n) is 3.09. The standard InChI is InChI=1S/C6H14N2O/c1-8(2)5-3-4-7-6-9/h6H,3-5H2,1-2H3,(H,7,9). The van der Waals surface area contributed by atoms with Gasteiger partial charge in [0.25, 0.3) is 0 Å². The van der Waals surface area contributed by atoms with Crippen LogP contribution >= 0.6 is 0 Å². The lowest BCUT2D eigenvalue weighted by Gasteiger charge is -2.07. The highest BCUT2D eigenvalue weighted by molar-refractivity contribution is 5.45. The van der Waals surface area contributed by atoms with Crippen LogP contribution in [0, 0.1) is 0 Å². The van der Waals surface area contributed by atoms with Gasteiger partial charge in [-0.1, -0.05) is 0 Å². The molecule has 1 N–H and O–H groups in total. The summed E-state index contributed by atoms with van der Waals surface area (Å²) in [6, 6.07) is 0. The number of rotatable bonds is 5. The van der Waals surface area contributed by atoms with Crippen LogP contribution in [-0.2, 0) is 4.79 Å². The molecule has 0 aromatic heterocycles. The van der Waals surface area contributed by atoms with E-state index in [4.69, 9.17) is 0 Å². The van der Waals surface area contributed by atoms with Gasteiger partial charge in [-0.15, -0.1) is 0 Å². The smallest absolute Gasteiger partial charge is 0.207 e. The van der Waals surface area contributed by atoms with E-state index in [9.17, 15) is 4.79 Å². The predicted molar refractivity (Wildman–Crippen MR) is 37.2 cm³/mol. The third-order valence-electron chi connectivity index (χ3n) is 1.01. The molecule has 0 atom stereocenters. The van der Waals surface area contributed by atoms with E-state index < -0.39 is 0 Å². The molecule has 9 heavy (non-hydrogen) atoms. The average Bonchev–Trinajstić information content (AvgIpc) is 1.80. The Balaban J connectivity index is 2.82. The minimum absolute atomic E-state index is 0.732. The van der Waals surface area contributed by atoms with E-state index in [-0.39, 0.29) is 0 Å². The molecule has 0 spiro atoms. The summed E-state index contributed by atoms with van der Waals surface area (Å²) in [5.74, 6) is 0. The third kappa shape index (κ3) is 7.43. The molecular formula is C6H14N2O. The van der Waals surface area contributed by atoms with Gasteiger partial charge in [0.2, 0.25) is 6.41 Å². The molecule has 0 aliphatic rings. The summed E-state index contributed by atoms with van der Waals surface area (Å²) in [5.41, 5.74) is 0. The Hall–Kier alpha value is -0.570. The highest BCUT2D eigenvalue weighted by Crippen LogP contribution is 1.78. The second kappa shape index (κ2) is 5.56. The molecule has 0 aliphatic heterocycles. The summed E-state index contributed by atoms with van der Waals surface area (Å²) in [5, 5.41) is 2.60. The highest BCUT2D eigenvalue weighted by Gasteiger charge is 1.87. The number of carbonyl (C=O) groups excluding carboxylic acids is 1. The summed E-state index contributed by atoms with van der Waals surface area (Å²) in [6.45, 7) is 1.81. The van der Waals surface area contributed by atoms with Crippen LogP contribution in [0.5, 0.6) is 0 Å². The largest absolute Gasteiger partial charge is 0.359 e. The first kappa shape index (κ1) is 8.43. The van der Waals surface area contributed by atoms with Gasteiger partial charge >= 0.3 is 0 Å². The van der Waals surface area contributed by atoms with Crippen molar-refractivity contribution in [2.45, 2.75) is 6.42 Å². The SMILES string of the molecule is CN(C)CCCNC=O. The Kier molecular flexibility index (Phi) is 5.21. The Morgan fingerprint density at radius 1 is 1.56 bits per heavy atom. The van der Waals surface area contributed by atoms with E-state index in [2.05, 4.69) is 10.2 Å². The van der Waals surface area contributed by atoms with E-state index in [1.54, 1.807) is 0 Å². The van der Waals surface area contributed by atoms with Gasteiger partial charge in [-0.2, -0.15) is 0 Å². The van der Waals surface area contributed by atoms with E-state index in [1.807, 2.05) is 14.1 Å². The monoisotopic (exact) mass is 130 g/mol. The van der Waals surface area contributed by atoms with E-state index in [0.717, 1.165) is 25.9 Å². The minimum Gasteiger partial charge on any atom is -0.359 e. The molecule has 0 aromatic rings. The fraction of sp³-hybridized carbons (Fsp3) is 0.833. The van der Waals surface area contributed by atoms with Crippen LogP contribution in [0.1, 0.15) is 6.42 Å². The number of hydrogen-bond acceptors (Lipinski definition) is 2. The second-order valence-electron chi connectivity index (χ2n) is 2.23. The molecular weight excluding hydrogens is 116 g/mol.